The smallest absolute Gasteiger partial charge is 0.244 e. The molecular formula is C21H26N2O3S. The van der Waals surface area contributed by atoms with Crippen molar-refractivity contribution in [2.24, 2.45) is 0 Å². The Labute approximate surface area is 161 Å². The van der Waals surface area contributed by atoms with E-state index >= 15 is 0 Å². The second-order valence-corrected chi connectivity index (χ2v) is 8.07. The van der Waals surface area contributed by atoms with Gasteiger partial charge in [0.2, 0.25) is 15.9 Å². The van der Waals surface area contributed by atoms with E-state index in [4.69, 9.17) is 0 Å². The first-order chi connectivity index (χ1) is 12.9. The molecule has 0 aliphatic heterocycles. The number of carbonyl (C=O) groups is 1. The number of hydrogen-bond donors (Lipinski definition) is 1. The Balaban J connectivity index is 2.02. The average Bonchev–Trinajstić information content (AvgIpc) is 2.68. The van der Waals surface area contributed by atoms with Crippen molar-refractivity contribution >= 4 is 22.0 Å². The van der Waals surface area contributed by atoms with Gasteiger partial charge in [-0.25, -0.2) is 8.42 Å². The lowest BCUT2D eigenvalue weighted by Crippen LogP contribution is -2.30. The SMILES string of the molecule is CCN(CC)S(=O)(=O)c1ccc(C=CC(=O)NC(C)c2ccccc2)cc1. The summed E-state index contributed by atoms with van der Waals surface area (Å²) >= 11 is 0. The fourth-order valence-corrected chi connectivity index (χ4v) is 4.18. The van der Waals surface area contributed by atoms with E-state index in [-0.39, 0.29) is 16.8 Å². The standard InChI is InChI=1S/C21H26N2O3S/c1-4-23(5-2)27(25,26)20-14-11-18(12-15-20)13-16-21(24)22-17(3)19-9-7-6-8-10-19/h6-17H,4-5H2,1-3H3,(H,22,24). The maximum atomic E-state index is 12.5. The average molecular weight is 387 g/mol. The van der Waals surface area contributed by atoms with Gasteiger partial charge in [0.25, 0.3) is 0 Å². The lowest BCUT2D eigenvalue weighted by molar-refractivity contribution is -0.117. The molecule has 2 rings (SSSR count). The third kappa shape index (κ3) is 5.52. The van der Waals surface area contributed by atoms with E-state index < -0.39 is 10.0 Å². The fraction of sp³-hybridized carbons (Fsp3) is 0.286. The monoisotopic (exact) mass is 386 g/mol. The van der Waals surface area contributed by atoms with E-state index in [9.17, 15) is 13.2 Å². The Hall–Kier alpha value is -2.44. The Morgan fingerprint density at radius 3 is 2.19 bits per heavy atom. The summed E-state index contributed by atoms with van der Waals surface area (Å²) in [5.74, 6) is -0.203. The zero-order valence-corrected chi connectivity index (χ0v) is 16.7. The van der Waals surface area contributed by atoms with E-state index in [0.29, 0.717) is 13.1 Å². The molecule has 1 atom stereocenters. The summed E-state index contributed by atoms with van der Waals surface area (Å²) in [6.07, 6.45) is 3.12. The Morgan fingerprint density at radius 2 is 1.63 bits per heavy atom. The van der Waals surface area contributed by atoms with Crippen molar-refractivity contribution < 1.29 is 13.2 Å². The van der Waals surface area contributed by atoms with Crippen molar-refractivity contribution in [2.75, 3.05) is 13.1 Å². The highest BCUT2D eigenvalue weighted by Crippen LogP contribution is 2.17. The Bertz CT molecular complexity index is 871. The molecule has 0 spiro atoms. The van der Waals surface area contributed by atoms with Crippen molar-refractivity contribution in [3.8, 4) is 0 Å². The third-order valence-corrected chi connectivity index (χ3v) is 6.37. The maximum absolute atomic E-state index is 12.5. The normalized spacial score (nSPS) is 13.0. The largest absolute Gasteiger partial charge is 0.346 e. The molecule has 0 heterocycles. The van der Waals surface area contributed by atoms with Crippen LogP contribution in [0.25, 0.3) is 6.08 Å². The van der Waals surface area contributed by atoms with E-state index in [1.165, 1.54) is 10.4 Å². The van der Waals surface area contributed by atoms with Gasteiger partial charge in [0.1, 0.15) is 0 Å². The molecule has 144 valence electrons. The van der Waals surface area contributed by atoms with Gasteiger partial charge in [0.15, 0.2) is 0 Å². The van der Waals surface area contributed by atoms with Crippen LogP contribution >= 0.6 is 0 Å². The highest BCUT2D eigenvalue weighted by molar-refractivity contribution is 7.89. The van der Waals surface area contributed by atoms with Crippen molar-refractivity contribution in [3.63, 3.8) is 0 Å². The van der Waals surface area contributed by atoms with Gasteiger partial charge in [-0.2, -0.15) is 4.31 Å². The van der Waals surface area contributed by atoms with Crippen LogP contribution < -0.4 is 5.32 Å². The van der Waals surface area contributed by atoms with Gasteiger partial charge in [-0.05, 0) is 36.3 Å². The van der Waals surface area contributed by atoms with Crippen LogP contribution in [0.3, 0.4) is 0 Å². The van der Waals surface area contributed by atoms with Gasteiger partial charge in [-0.15, -0.1) is 0 Å². The Morgan fingerprint density at radius 1 is 1.04 bits per heavy atom. The van der Waals surface area contributed by atoms with Crippen LogP contribution in [0.5, 0.6) is 0 Å². The zero-order valence-electron chi connectivity index (χ0n) is 15.9. The summed E-state index contributed by atoms with van der Waals surface area (Å²) in [4.78, 5) is 12.3. The van der Waals surface area contributed by atoms with Crippen molar-refractivity contribution in [1.29, 1.82) is 0 Å². The molecule has 1 unspecified atom stereocenters. The second kappa shape index (κ2) is 9.48. The minimum absolute atomic E-state index is 0.0926. The van der Waals surface area contributed by atoms with Gasteiger partial charge in [-0.1, -0.05) is 56.3 Å². The summed E-state index contributed by atoms with van der Waals surface area (Å²) in [5.41, 5.74) is 1.79. The van der Waals surface area contributed by atoms with Gasteiger partial charge < -0.3 is 5.32 Å². The number of sulfonamides is 1. The van der Waals surface area contributed by atoms with Gasteiger partial charge >= 0.3 is 0 Å². The van der Waals surface area contributed by atoms with Crippen molar-refractivity contribution in [1.82, 2.24) is 9.62 Å². The molecule has 0 saturated heterocycles. The number of benzene rings is 2. The number of hydrogen-bond acceptors (Lipinski definition) is 3. The lowest BCUT2D eigenvalue weighted by atomic mass is 10.1. The van der Waals surface area contributed by atoms with E-state index in [2.05, 4.69) is 5.32 Å². The quantitative estimate of drug-likeness (QED) is 0.705. The van der Waals surface area contributed by atoms with E-state index in [0.717, 1.165) is 11.1 Å². The topological polar surface area (TPSA) is 66.5 Å². The van der Waals surface area contributed by atoms with Crippen molar-refractivity contribution in [3.05, 3.63) is 71.8 Å². The second-order valence-electron chi connectivity index (χ2n) is 6.13. The summed E-state index contributed by atoms with van der Waals surface area (Å²) < 4.78 is 26.4. The molecule has 2 aromatic rings. The predicted octanol–water partition coefficient (Wildman–Crippen LogP) is 3.61. The number of carbonyl (C=O) groups excluding carboxylic acids is 1. The number of nitrogens with one attached hydrogen (secondary N) is 1. The van der Waals surface area contributed by atoms with Crippen LogP contribution in [0.1, 0.15) is 37.9 Å². The van der Waals surface area contributed by atoms with Gasteiger partial charge in [-0.3, -0.25) is 4.79 Å². The molecule has 5 nitrogen and oxygen atoms in total. The van der Waals surface area contributed by atoms with Gasteiger partial charge in [0, 0.05) is 19.2 Å². The zero-order chi connectivity index (χ0) is 19.9. The molecule has 0 saturated carbocycles. The van der Waals surface area contributed by atoms with Crippen LogP contribution in [0.2, 0.25) is 0 Å². The summed E-state index contributed by atoms with van der Waals surface area (Å²) in [5, 5.41) is 2.90. The molecule has 1 N–H and O–H groups in total. The fourth-order valence-electron chi connectivity index (χ4n) is 2.72. The predicted molar refractivity (Wildman–Crippen MR) is 109 cm³/mol. The molecule has 0 aromatic heterocycles. The Kier molecular flexibility index (Phi) is 7.33. The molecule has 6 heteroatoms. The van der Waals surface area contributed by atoms with Crippen LogP contribution in [0, 0.1) is 0 Å². The summed E-state index contributed by atoms with van der Waals surface area (Å²) in [6, 6.07) is 16.2. The summed E-state index contributed by atoms with van der Waals surface area (Å²) in [7, 11) is -3.47. The molecule has 1 amide bonds. The highest BCUT2D eigenvalue weighted by Gasteiger charge is 2.20. The van der Waals surface area contributed by atoms with Crippen LogP contribution in [-0.4, -0.2) is 31.7 Å². The lowest BCUT2D eigenvalue weighted by Gasteiger charge is -2.18. The number of rotatable bonds is 8. The molecule has 0 fully saturated rings. The van der Waals surface area contributed by atoms with E-state index in [1.54, 1.807) is 30.3 Å². The molecule has 0 radical (unpaired) electrons. The van der Waals surface area contributed by atoms with Gasteiger partial charge in [0.05, 0.1) is 10.9 Å². The minimum Gasteiger partial charge on any atom is -0.346 e. The highest BCUT2D eigenvalue weighted by atomic mass is 32.2. The van der Waals surface area contributed by atoms with Crippen LogP contribution in [0.4, 0.5) is 0 Å². The first kappa shape index (κ1) is 20.9. The maximum Gasteiger partial charge on any atom is 0.244 e. The van der Waals surface area contributed by atoms with E-state index in [1.807, 2.05) is 51.1 Å². The molecule has 0 aliphatic carbocycles. The third-order valence-electron chi connectivity index (χ3n) is 4.31. The molecule has 2 aromatic carbocycles. The first-order valence-electron chi connectivity index (χ1n) is 9.02. The van der Waals surface area contributed by atoms with Crippen molar-refractivity contribution in [2.45, 2.75) is 31.7 Å². The minimum atomic E-state index is -3.47. The van der Waals surface area contributed by atoms with Crippen LogP contribution in [-0.2, 0) is 14.8 Å². The molecule has 27 heavy (non-hydrogen) atoms. The van der Waals surface area contributed by atoms with Crippen LogP contribution in [0.15, 0.2) is 65.6 Å². The number of nitrogens with zero attached hydrogens (tertiary/aromatic N) is 1. The summed E-state index contributed by atoms with van der Waals surface area (Å²) in [6.45, 7) is 6.41. The molecule has 0 bridgehead atoms. The molecule has 0 aliphatic rings. The first-order valence-corrected chi connectivity index (χ1v) is 10.5. The molecular weight excluding hydrogens is 360 g/mol. The number of amides is 1.